The molecule has 19 heavy (non-hydrogen) atoms. The molecule has 1 aromatic heterocycles. The SMILES string of the molecule is CCn1cc(NCc2ccc(C)cc2C)ccc1=O. The van der Waals surface area contributed by atoms with Crippen molar-refractivity contribution in [3.05, 3.63) is 63.6 Å². The van der Waals surface area contributed by atoms with E-state index in [9.17, 15) is 4.79 Å². The first-order valence-corrected chi connectivity index (χ1v) is 6.60. The quantitative estimate of drug-likeness (QED) is 0.912. The minimum absolute atomic E-state index is 0.0413. The van der Waals surface area contributed by atoms with Crippen LogP contribution in [0, 0.1) is 13.8 Å². The first-order chi connectivity index (χ1) is 9.10. The molecule has 2 aromatic rings. The van der Waals surface area contributed by atoms with E-state index in [0.29, 0.717) is 6.54 Å². The molecule has 3 heteroatoms. The van der Waals surface area contributed by atoms with E-state index in [2.05, 4.69) is 37.4 Å². The lowest BCUT2D eigenvalue weighted by Gasteiger charge is -2.11. The average Bonchev–Trinajstić information content (AvgIpc) is 2.39. The van der Waals surface area contributed by atoms with E-state index in [1.165, 1.54) is 16.7 Å². The molecule has 0 aliphatic heterocycles. The third-order valence-corrected chi connectivity index (χ3v) is 3.31. The number of hydrogen-bond donors (Lipinski definition) is 1. The van der Waals surface area contributed by atoms with Crippen molar-refractivity contribution >= 4 is 5.69 Å². The number of rotatable bonds is 4. The highest BCUT2D eigenvalue weighted by Gasteiger charge is 2.00. The summed E-state index contributed by atoms with van der Waals surface area (Å²) in [7, 11) is 0. The highest BCUT2D eigenvalue weighted by Crippen LogP contribution is 2.13. The molecule has 0 unspecified atom stereocenters. The number of nitrogens with zero attached hydrogens (tertiary/aromatic N) is 1. The fourth-order valence-electron chi connectivity index (χ4n) is 2.12. The zero-order valence-corrected chi connectivity index (χ0v) is 11.7. The molecule has 0 bridgehead atoms. The van der Waals surface area contributed by atoms with E-state index in [4.69, 9.17) is 0 Å². The molecule has 0 fully saturated rings. The van der Waals surface area contributed by atoms with Gasteiger partial charge >= 0.3 is 0 Å². The second kappa shape index (κ2) is 5.74. The van der Waals surface area contributed by atoms with Crippen LogP contribution in [0.4, 0.5) is 5.69 Å². The molecule has 0 amide bonds. The number of anilines is 1. The van der Waals surface area contributed by atoms with Gasteiger partial charge in [-0.1, -0.05) is 23.8 Å². The Morgan fingerprint density at radius 2 is 1.95 bits per heavy atom. The van der Waals surface area contributed by atoms with Crippen molar-refractivity contribution in [3.8, 4) is 0 Å². The van der Waals surface area contributed by atoms with Crippen LogP contribution in [0.1, 0.15) is 23.6 Å². The van der Waals surface area contributed by atoms with Crippen LogP contribution >= 0.6 is 0 Å². The maximum Gasteiger partial charge on any atom is 0.250 e. The Bertz CT molecular complexity index is 629. The molecule has 0 aliphatic rings. The molecule has 2 rings (SSSR count). The van der Waals surface area contributed by atoms with E-state index in [-0.39, 0.29) is 5.56 Å². The van der Waals surface area contributed by atoms with Gasteiger partial charge < -0.3 is 9.88 Å². The molecule has 0 aliphatic carbocycles. The summed E-state index contributed by atoms with van der Waals surface area (Å²) in [6.07, 6.45) is 1.87. The van der Waals surface area contributed by atoms with E-state index >= 15 is 0 Å². The Labute approximate surface area is 113 Å². The maximum atomic E-state index is 11.5. The first kappa shape index (κ1) is 13.4. The van der Waals surface area contributed by atoms with Crippen LogP contribution in [-0.4, -0.2) is 4.57 Å². The van der Waals surface area contributed by atoms with E-state index in [0.717, 1.165) is 12.2 Å². The molecule has 0 saturated heterocycles. The molecular formula is C16H20N2O. The molecule has 0 spiro atoms. The van der Waals surface area contributed by atoms with E-state index < -0.39 is 0 Å². The van der Waals surface area contributed by atoms with Crippen molar-refractivity contribution in [1.82, 2.24) is 4.57 Å². The fraction of sp³-hybridized carbons (Fsp3) is 0.312. The molecule has 1 aromatic carbocycles. The minimum atomic E-state index is 0.0413. The summed E-state index contributed by atoms with van der Waals surface area (Å²) in [5.41, 5.74) is 4.86. The molecule has 0 radical (unpaired) electrons. The lowest BCUT2D eigenvalue weighted by Crippen LogP contribution is -2.17. The Hall–Kier alpha value is -2.03. The van der Waals surface area contributed by atoms with Crippen LogP contribution in [0.5, 0.6) is 0 Å². The predicted octanol–water partition coefficient (Wildman–Crippen LogP) is 3.10. The summed E-state index contributed by atoms with van der Waals surface area (Å²) in [5.74, 6) is 0. The third kappa shape index (κ3) is 3.25. The molecule has 1 N–H and O–H groups in total. The number of aryl methyl sites for hydroxylation is 3. The van der Waals surface area contributed by atoms with Crippen LogP contribution in [0.15, 0.2) is 41.3 Å². The largest absolute Gasteiger partial charge is 0.380 e. The van der Waals surface area contributed by atoms with Gasteiger partial charge in [0.05, 0.1) is 5.69 Å². The zero-order valence-electron chi connectivity index (χ0n) is 11.7. The van der Waals surface area contributed by atoms with Gasteiger partial charge in [-0.15, -0.1) is 0 Å². The smallest absolute Gasteiger partial charge is 0.250 e. The highest BCUT2D eigenvalue weighted by molar-refractivity contribution is 5.42. The van der Waals surface area contributed by atoms with Gasteiger partial charge in [0.25, 0.3) is 5.56 Å². The monoisotopic (exact) mass is 256 g/mol. The Morgan fingerprint density at radius 1 is 1.16 bits per heavy atom. The van der Waals surface area contributed by atoms with Crippen molar-refractivity contribution in [2.45, 2.75) is 33.9 Å². The third-order valence-electron chi connectivity index (χ3n) is 3.31. The lowest BCUT2D eigenvalue weighted by atomic mass is 10.1. The second-order valence-corrected chi connectivity index (χ2v) is 4.83. The summed E-state index contributed by atoms with van der Waals surface area (Å²) in [6, 6.07) is 9.89. The van der Waals surface area contributed by atoms with Gasteiger partial charge in [-0.2, -0.15) is 0 Å². The van der Waals surface area contributed by atoms with Crippen LogP contribution < -0.4 is 10.9 Å². The van der Waals surface area contributed by atoms with Gasteiger partial charge in [0.1, 0.15) is 0 Å². The minimum Gasteiger partial charge on any atom is -0.380 e. The van der Waals surface area contributed by atoms with Gasteiger partial charge in [0.2, 0.25) is 0 Å². The summed E-state index contributed by atoms with van der Waals surface area (Å²) < 4.78 is 1.70. The van der Waals surface area contributed by atoms with Gasteiger partial charge in [0.15, 0.2) is 0 Å². The van der Waals surface area contributed by atoms with Crippen molar-refractivity contribution < 1.29 is 0 Å². The highest BCUT2D eigenvalue weighted by atomic mass is 16.1. The normalized spacial score (nSPS) is 10.5. The molecule has 0 saturated carbocycles. The molecular weight excluding hydrogens is 236 g/mol. The number of hydrogen-bond acceptors (Lipinski definition) is 2. The van der Waals surface area contributed by atoms with Crippen LogP contribution in [-0.2, 0) is 13.1 Å². The molecule has 0 atom stereocenters. The fourth-order valence-corrected chi connectivity index (χ4v) is 2.12. The van der Waals surface area contributed by atoms with E-state index in [1.807, 2.05) is 19.2 Å². The molecule has 3 nitrogen and oxygen atoms in total. The van der Waals surface area contributed by atoms with Gasteiger partial charge in [-0.25, -0.2) is 0 Å². The van der Waals surface area contributed by atoms with Crippen molar-refractivity contribution in [2.24, 2.45) is 0 Å². The van der Waals surface area contributed by atoms with Crippen molar-refractivity contribution in [2.75, 3.05) is 5.32 Å². The number of aromatic nitrogens is 1. The Balaban J connectivity index is 2.12. The standard InChI is InChI=1S/C16H20N2O/c1-4-18-11-15(7-8-16(18)19)17-10-14-6-5-12(2)9-13(14)3/h5-9,11,17H,4,10H2,1-3H3. The lowest BCUT2D eigenvalue weighted by molar-refractivity contribution is 0.727. The first-order valence-electron chi connectivity index (χ1n) is 6.60. The van der Waals surface area contributed by atoms with Crippen LogP contribution in [0.25, 0.3) is 0 Å². The summed E-state index contributed by atoms with van der Waals surface area (Å²) >= 11 is 0. The predicted molar refractivity (Wildman–Crippen MR) is 79.6 cm³/mol. The molecule has 100 valence electrons. The van der Waals surface area contributed by atoms with Gasteiger partial charge in [-0.3, -0.25) is 4.79 Å². The van der Waals surface area contributed by atoms with Gasteiger partial charge in [0, 0.05) is 25.4 Å². The Morgan fingerprint density at radius 3 is 2.63 bits per heavy atom. The number of benzene rings is 1. The van der Waals surface area contributed by atoms with E-state index in [1.54, 1.807) is 10.6 Å². The second-order valence-electron chi connectivity index (χ2n) is 4.83. The summed E-state index contributed by atoms with van der Waals surface area (Å²) in [5, 5.41) is 3.36. The summed E-state index contributed by atoms with van der Waals surface area (Å²) in [6.45, 7) is 7.65. The molecule has 1 heterocycles. The van der Waals surface area contributed by atoms with Crippen molar-refractivity contribution in [1.29, 1.82) is 0 Å². The number of nitrogens with one attached hydrogen (secondary N) is 1. The van der Waals surface area contributed by atoms with Gasteiger partial charge in [-0.05, 0) is 38.0 Å². The van der Waals surface area contributed by atoms with Crippen LogP contribution in [0.3, 0.4) is 0 Å². The van der Waals surface area contributed by atoms with Crippen molar-refractivity contribution in [3.63, 3.8) is 0 Å². The zero-order chi connectivity index (χ0) is 13.8. The Kier molecular flexibility index (Phi) is 4.05. The number of pyridine rings is 1. The van der Waals surface area contributed by atoms with Crippen LogP contribution in [0.2, 0.25) is 0 Å². The maximum absolute atomic E-state index is 11.5. The summed E-state index contributed by atoms with van der Waals surface area (Å²) in [4.78, 5) is 11.5. The topological polar surface area (TPSA) is 34.0 Å². The average molecular weight is 256 g/mol.